The van der Waals surface area contributed by atoms with Gasteiger partial charge in [0, 0.05) is 39.5 Å². The summed E-state index contributed by atoms with van der Waals surface area (Å²) in [6.45, 7) is 1.92. The molecule has 2 heterocycles. The maximum Gasteiger partial charge on any atom is 0.416 e. The molecule has 0 spiro atoms. The second-order valence-electron chi connectivity index (χ2n) is 6.31. The summed E-state index contributed by atoms with van der Waals surface area (Å²) in [7, 11) is 1.55. The first kappa shape index (κ1) is 19.9. The quantitative estimate of drug-likeness (QED) is 0.810. The SMILES string of the molecule is COCCN1CCn2cc(C(=O)NCc3ccc(C(F)(F)F)cc3)nc2C1=O. The molecule has 0 bridgehead atoms. The van der Waals surface area contributed by atoms with Gasteiger partial charge in [0.05, 0.1) is 12.2 Å². The summed E-state index contributed by atoms with van der Waals surface area (Å²) >= 11 is 0. The highest BCUT2D eigenvalue weighted by atomic mass is 19.4. The van der Waals surface area contributed by atoms with Crippen molar-refractivity contribution >= 4 is 11.8 Å². The van der Waals surface area contributed by atoms with Crippen LogP contribution in [0, 0.1) is 0 Å². The molecule has 3 rings (SSSR count). The zero-order chi connectivity index (χ0) is 20.3. The van der Waals surface area contributed by atoms with Crippen molar-refractivity contribution < 1.29 is 27.5 Å². The number of aromatic nitrogens is 2. The molecular formula is C18H19F3N4O3. The van der Waals surface area contributed by atoms with Gasteiger partial charge in [0.2, 0.25) is 0 Å². The minimum absolute atomic E-state index is 0.0487. The number of hydrogen-bond acceptors (Lipinski definition) is 4. The van der Waals surface area contributed by atoms with Gasteiger partial charge in [-0.1, -0.05) is 12.1 Å². The van der Waals surface area contributed by atoms with E-state index in [1.54, 1.807) is 16.6 Å². The van der Waals surface area contributed by atoms with Crippen molar-refractivity contribution in [3.8, 4) is 0 Å². The van der Waals surface area contributed by atoms with Crippen molar-refractivity contribution in [2.24, 2.45) is 0 Å². The van der Waals surface area contributed by atoms with E-state index in [-0.39, 0.29) is 24.0 Å². The molecule has 10 heteroatoms. The monoisotopic (exact) mass is 396 g/mol. The van der Waals surface area contributed by atoms with E-state index < -0.39 is 17.6 Å². The topological polar surface area (TPSA) is 76.5 Å². The van der Waals surface area contributed by atoms with E-state index in [0.717, 1.165) is 12.1 Å². The average molecular weight is 396 g/mol. The number of fused-ring (bicyclic) bond motifs is 1. The molecule has 1 N–H and O–H groups in total. The third-order valence-corrected chi connectivity index (χ3v) is 4.40. The molecule has 2 aromatic rings. The molecular weight excluding hydrogens is 377 g/mol. The van der Waals surface area contributed by atoms with Gasteiger partial charge in [-0.25, -0.2) is 4.98 Å². The van der Waals surface area contributed by atoms with E-state index in [9.17, 15) is 22.8 Å². The fraction of sp³-hybridized carbons (Fsp3) is 0.389. The number of alkyl halides is 3. The molecule has 7 nitrogen and oxygen atoms in total. The Morgan fingerprint density at radius 2 is 1.96 bits per heavy atom. The minimum atomic E-state index is -4.40. The lowest BCUT2D eigenvalue weighted by Crippen LogP contribution is -2.42. The predicted molar refractivity (Wildman–Crippen MR) is 92.6 cm³/mol. The molecule has 0 saturated heterocycles. The molecule has 0 saturated carbocycles. The largest absolute Gasteiger partial charge is 0.416 e. The van der Waals surface area contributed by atoms with Crippen LogP contribution in [0.4, 0.5) is 13.2 Å². The molecule has 0 unspecified atom stereocenters. The van der Waals surface area contributed by atoms with E-state index in [1.165, 1.54) is 18.3 Å². The van der Waals surface area contributed by atoms with Gasteiger partial charge in [-0.15, -0.1) is 0 Å². The second-order valence-corrected chi connectivity index (χ2v) is 6.31. The molecule has 1 aliphatic heterocycles. The molecule has 0 aliphatic carbocycles. The Hall–Kier alpha value is -2.88. The zero-order valence-electron chi connectivity index (χ0n) is 15.1. The normalized spacial score (nSPS) is 14.1. The van der Waals surface area contributed by atoms with Gasteiger partial charge in [-0.05, 0) is 17.7 Å². The Balaban J connectivity index is 1.62. The Kier molecular flexibility index (Phi) is 5.68. The van der Waals surface area contributed by atoms with Gasteiger partial charge in [-0.3, -0.25) is 9.59 Å². The first-order chi connectivity index (χ1) is 13.3. The predicted octanol–water partition coefficient (Wildman–Crippen LogP) is 1.93. The smallest absolute Gasteiger partial charge is 0.383 e. The van der Waals surface area contributed by atoms with Crippen LogP contribution in [0.5, 0.6) is 0 Å². The van der Waals surface area contributed by atoms with Crippen molar-refractivity contribution in [2.75, 3.05) is 26.8 Å². The molecule has 2 amide bonds. The summed E-state index contributed by atoms with van der Waals surface area (Å²) in [6, 6.07) is 4.53. The van der Waals surface area contributed by atoms with E-state index in [0.29, 0.717) is 31.8 Å². The summed E-state index contributed by atoms with van der Waals surface area (Å²) in [6.07, 6.45) is -2.90. The second kappa shape index (κ2) is 8.01. The molecule has 1 aliphatic rings. The number of nitrogens with zero attached hydrogens (tertiary/aromatic N) is 3. The Morgan fingerprint density at radius 3 is 2.61 bits per heavy atom. The lowest BCUT2D eigenvalue weighted by molar-refractivity contribution is -0.137. The minimum Gasteiger partial charge on any atom is -0.383 e. The van der Waals surface area contributed by atoms with Crippen molar-refractivity contribution in [1.29, 1.82) is 0 Å². The number of benzene rings is 1. The fourth-order valence-corrected chi connectivity index (χ4v) is 2.84. The number of carbonyl (C=O) groups excluding carboxylic acids is 2. The average Bonchev–Trinajstić information content (AvgIpc) is 3.10. The molecule has 150 valence electrons. The van der Waals surface area contributed by atoms with E-state index in [2.05, 4.69) is 10.3 Å². The van der Waals surface area contributed by atoms with E-state index in [1.807, 2.05) is 0 Å². The first-order valence-corrected chi connectivity index (χ1v) is 8.59. The van der Waals surface area contributed by atoms with Gasteiger partial charge >= 0.3 is 6.18 Å². The van der Waals surface area contributed by atoms with Crippen LogP contribution in [0.3, 0.4) is 0 Å². The van der Waals surface area contributed by atoms with Gasteiger partial charge in [0.25, 0.3) is 11.8 Å². The Morgan fingerprint density at radius 1 is 1.25 bits per heavy atom. The van der Waals surface area contributed by atoms with Gasteiger partial charge < -0.3 is 19.5 Å². The van der Waals surface area contributed by atoms with Crippen LogP contribution < -0.4 is 5.32 Å². The lowest BCUT2D eigenvalue weighted by atomic mass is 10.1. The van der Waals surface area contributed by atoms with Crippen LogP contribution in [0.1, 0.15) is 32.2 Å². The summed E-state index contributed by atoms with van der Waals surface area (Å²) in [4.78, 5) is 30.5. The number of rotatable bonds is 6. The number of imidazole rings is 1. The molecule has 0 radical (unpaired) electrons. The highest BCUT2D eigenvalue weighted by Crippen LogP contribution is 2.29. The van der Waals surface area contributed by atoms with Gasteiger partial charge in [0.1, 0.15) is 5.69 Å². The number of amides is 2. The summed E-state index contributed by atoms with van der Waals surface area (Å²) in [5.41, 5.74) is -0.142. The van der Waals surface area contributed by atoms with Crippen LogP contribution >= 0.6 is 0 Å². The third-order valence-electron chi connectivity index (χ3n) is 4.40. The number of carbonyl (C=O) groups is 2. The molecule has 1 aromatic carbocycles. The summed E-state index contributed by atoms with van der Waals surface area (Å²) in [5.74, 6) is -0.592. The summed E-state index contributed by atoms with van der Waals surface area (Å²) in [5, 5.41) is 2.60. The number of hydrogen-bond donors (Lipinski definition) is 1. The standard InChI is InChI=1S/C18H19F3N4O3/c1-28-9-8-24-6-7-25-11-14(23-15(25)17(24)27)16(26)22-10-12-2-4-13(5-3-12)18(19,20)21/h2-5,11H,6-10H2,1H3,(H,22,26). The third kappa shape index (κ3) is 4.33. The van der Waals surface area contributed by atoms with Crippen LogP contribution in [0.25, 0.3) is 0 Å². The number of halogens is 3. The maximum absolute atomic E-state index is 12.6. The van der Waals surface area contributed by atoms with Crippen LogP contribution in [-0.4, -0.2) is 53.1 Å². The van der Waals surface area contributed by atoms with Crippen molar-refractivity contribution in [3.63, 3.8) is 0 Å². The van der Waals surface area contributed by atoms with Crippen LogP contribution in [-0.2, 0) is 24.0 Å². The lowest BCUT2D eigenvalue weighted by Gasteiger charge is -2.26. The Labute approximate surface area is 159 Å². The summed E-state index contributed by atoms with van der Waals surface area (Å²) < 4.78 is 44.3. The van der Waals surface area contributed by atoms with Crippen molar-refractivity contribution in [2.45, 2.75) is 19.3 Å². The number of ether oxygens (including phenoxy) is 1. The number of methoxy groups -OCH3 is 1. The maximum atomic E-state index is 12.6. The van der Waals surface area contributed by atoms with Gasteiger partial charge in [0.15, 0.2) is 5.82 Å². The van der Waals surface area contributed by atoms with Crippen molar-refractivity contribution in [3.05, 3.63) is 53.1 Å². The Bertz CT molecular complexity index is 862. The van der Waals surface area contributed by atoms with E-state index >= 15 is 0 Å². The highest BCUT2D eigenvalue weighted by molar-refractivity contribution is 5.96. The van der Waals surface area contributed by atoms with Crippen LogP contribution in [0.2, 0.25) is 0 Å². The first-order valence-electron chi connectivity index (χ1n) is 8.59. The number of nitrogens with one attached hydrogen (secondary N) is 1. The molecule has 28 heavy (non-hydrogen) atoms. The molecule has 0 atom stereocenters. The molecule has 0 fully saturated rings. The fourth-order valence-electron chi connectivity index (χ4n) is 2.84. The van der Waals surface area contributed by atoms with Crippen molar-refractivity contribution in [1.82, 2.24) is 19.8 Å². The van der Waals surface area contributed by atoms with E-state index in [4.69, 9.17) is 4.74 Å². The molecule has 1 aromatic heterocycles. The van der Waals surface area contributed by atoms with Gasteiger partial charge in [-0.2, -0.15) is 13.2 Å². The zero-order valence-corrected chi connectivity index (χ0v) is 15.1. The van der Waals surface area contributed by atoms with Crippen LogP contribution in [0.15, 0.2) is 30.5 Å². The highest BCUT2D eigenvalue weighted by Gasteiger charge is 2.30.